The summed E-state index contributed by atoms with van der Waals surface area (Å²) in [5, 5.41) is 11.9. The van der Waals surface area contributed by atoms with Crippen molar-refractivity contribution >= 4 is 5.91 Å². The van der Waals surface area contributed by atoms with E-state index in [0.29, 0.717) is 5.92 Å². The van der Waals surface area contributed by atoms with E-state index in [0.717, 1.165) is 18.4 Å². The van der Waals surface area contributed by atoms with E-state index in [9.17, 15) is 4.79 Å². The van der Waals surface area contributed by atoms with E-state index in [1.807, 2.05) is 13.8 Å². The summed E-state index contributed by atoms with van der Waals surface area (Å²) < 4.78 is 0. The van der Waals surface area contributed by atoms with Crippen LogP contribution in [-0.4, -0.2) is 12.5 Å². The van der Waals surface area contributed by atoms with Crippen LogP contribution in [0.5, 0.6) is 0 Å². The molecule has 0 radical (unpaired) electrons. The molecule has 0 spiro atoms. The third-order valence-electron chi connectivity index (χ3n) is 4.51. The zero-order valence-electron chi connectivity index (χ0n) is 10.8. The molecule has 2 rings (SSSR count). The molecule has 2 fully saturated rings. The quantitative estimate of drug-likeness (QED) is 0.811. The Labute approximate surface area is 104 Å². The lowest BCUT2D eigenvalue weighted by atomic mass is 9.88. The summed E-state index contributed by atoms with van der Waals surface area (Å²) in [6, 6.07) is 2.10. The minimum absolute atomic E-state index is 0.0785. The van der Waals surface area contributed by atoms with Gasteiger partial charge in [-0.15, -0.1) is 0 Å². The molecule has 1 N–H and O–H groups in total. The molecule has 4 atom stereocenters. The highest BCUT2D eigenvalue weighted by Gasteiger charge is 2.39. The van der Waals surface area contributed by atoms with E-state index in [1.54, 1.807) is 0 Å². The van der Waals surface area contributed by atoms with Crippen molar-refractivity contribution in [2.24, 2.45) is 29.6 Å². The summed E-state index contributed by atoms with van der Waals surface area (Å²) in [6.45, 7) is 4.63. The van der Waals surface area contributed by atoms with Crippen molar-refractivity contribution in [2.75, 3.05) is 6.54 Å². The number of nitriles is 1. The summed E-state index contributed by atoms with van der Waals surface area (Å²) in [7, 11) is 0. The number of hydrogen-bond donors (Lipinski definition) is 1. The average Bonchev–Trinajstić information content (AvgIpc) is 2.88. The van der Waals surface area contributed by atoms with Gasteiger partial charge in [-0.2, -0.15) is 5.26 Å². The van der Waals surface area contributed by atoms with Gasteiger partial charge in [-0.3, -0.25) is 4.79 Å². The predicted octanol–water partition coefficient (Wildman–Crippen LogP) is 2.33. The summed E-state index contributed by atoms with van der Waals surface area (Å²) in [4.78, 5) is 11.8. The van der Waals surface area contributed by atoms with E-state index in [-0.39, 0.29) is 11.8 Å². The standard InChI is InChI=1S/C14H22N2O/c1-9(2)13(7-15)14(17)16-8-12-6-10-3-4-11(12)5-10/h9-13H,3-6,8H2,1-2H3,(H,16,17). The first kappa shape index (κ1) is 12.4. The molecule has 94 valence electrons. The second-order valence-electron chi connectivity index (χ2n) is 6.03. The molecule has 17 heavy (non-hydrogen) atoms. The molecule has 0 aromatic heterocycles. The molecule has 3 nitrogen and oxygen atoms in total. The summed E-state index contributed by atoms with van der Waals surface area (Å²) in [6.07, 6.45) is 5.38. The Kier molecular flexibility index (Phi) is 3.71. The number of nitrogens with zero attached hydrogens (tertiary/aromatic N) is 1. The lowest BCUT2D eigenvalue weighted by Gasteiger charge is -2.23. The van der Waals surface area contributed by atoms with E-state index < -0.39 is 5.92 Å². The third kappa shape index (κ3) is 2.62. The molecule has 0 aromatic carbocycles. The van der Waals surface area contributed by atoms with Crippen molar-refractivity contribution in [3.8, 4) is 6.07 Å². The highest BCUT2D eigenvalue weighted by atomic mass is 16.1. The van der Waals surface area contributed by atoms with E-state index >= 15 is 0 Å². The van der Waals surface area contributed by atoms with Crippen molar-refractivity contribution in [1.82, 2.24) is 5.32 Å². The molecule has 2 aliphatic rings. The minimum Gasteiger partial charge on any atom is -0.355 e. The Hall–Kier alpha value is -1.04. The van der Waals surface area contributed by atoms with Crippen LogP contribution in [0.3, 0.4) is 0 Å². The summed E-state index contributed by atoms with van der Waals surface area (Å²) >= 11 is 0. The van der Waals surface area contributed by atoms with Gasteiger partial charge in [-0.05, 0) is 42.9 Å². The van der Waals surface area contributed by atoms with Gasteiger partial charge >= 0.3 is 0 Å². The topological polar surface area (TPSA) is 52.9 Å². The maximum Gasteiger partial charge on any atom is 0.237 e. The van der Waals surface area contributed by atoms with Gasteiger partial charge in [0.15, 0.2) is 0 Å². The first-order chi connectivity index (χ1) is 8.11. The number of carbonyl (C=O) groups is 1. The highest BCUT2D eigenvalue weighted by molar-refractivity contribution is 5.81. The number of nitrogens with one attached hydrogen (secondary N) is 1. The van der Waals surface area contributed by atoms with E-state index in [1.165, 1.54) is 25.7 Å². The fourth-order valence-corrected chi connectivity index (χ4v) is 3.48. The largest absolute Gasteiger partial charge is 0.355 e. The molecule has 0 aliphatic heterocycles. The monoisotopic (exact) mass is 234 g/mol. The normalized spacial score (nSPS) is 32.5. The lowest BCUT2D eigenvalue weighted by molar-refractivity contribution is -0.124. The number of hydrogen-bond acceptors (Lipinski definition) is 2. The van der Waals surface area contributed by atoms with Crippen LogP contribution >= 0.6 is 0 Å². The maximum atomic E-state index is 11.8. The smallest absolute Gasteiger partial charge is 0.237 e. The zero-order chi connectivity index (χ0) is 12.4. The van der Waals surface area contributed by atoms with Crippen LogP contribution in [0.2, 0.25) is 0 Å². The van der Waals surface area contributed by atoms with E-state index in [4.69, 9.17) is 5.26 Å². The first-order valence-electron chi connectivity index (χ1n) is 6.79. The molecule has 2 bridgehead atoms. The molecule has 2 saturated carbocycles. The molecule has 1 amide bonds. The van der Waals surface area contributed by atoms with Crippen LogP contribution < -0.4 is 5.32 Å². The maximum absolute atomic E-state index is 11.8. The molecule has 0 saturated heterocycles. The van der Waals surface area contributed by atoms with Crippen molar-refractivity contribution in [3.05, 3.63) is 0 Å². The number of fused-ring (bicyclic) bond motifs is 2. The first-order valence-corrected chi connectivity index (χ1v) is 6.79. The van der Waals surface area contributed by atoms with Crippen molar-refractivity contribution in [1.29, 1.82) is 5.26 Å². The lowest BCUT2D eigenvalue weighted by Crippen LogP contribution is -2.37. The number of amides is 1. The van der Waals surface area contributed by atoms with Crippen LogP contribution in [0.15, 0.2) is 0 Å². The average molecular weight is 234 g/mol. The van der Waals surface area contributed by atoms with Crippen molar-refractivity contribution in [2.45, 2.75) is 39.5 Å². The van der Waals surface area contributed by atoms with Gasteiger partial charge in [0.05, 0.1) is 6.07 Å². The SMILES string of the molecule is CC(C)C(C#N)C(=O)NCC1CC2CCC1C2. The Morgan fingerprint density at radius 3 is 2.65 bits per heavy atom. The molecular weight excluding hydrogens is 212 g/mol. The summed E-state index contributed by atoms with van der Waals surface area (Å²) in [5.74, 6) is 1.95. The molecule has 4 unspecified atom stereocenters. The van der Waals surface area contributed by atoms with Crippen molar-refractivity contribution < 1.29 is 4.79 Å². The molecular formula is C14H22N2O. The second-order valence-corrected chi connectivity index (χ2v) is 6.03. The zero-order valence-corrected chi connectivity index (χ0v) is 10.8. The van der Waals surface area contributed by atoms with Gasteiger partial charge in [-0.25, -0.2) is 0 Å². The fraction of sp³-hybridized carbons (Fsp3) is 0.857. The predicted molar refractivity (Wildman–Crippen MR) is 65.9 cm³/mol. The van der Waals surface area contributed by atoms with Gasteiger partial charge in [0, 0.05) is 6.54 Å². The van der Waals surface area contributed by atoms with Gasteiger partial charge in [-0.1, -0.05) is 20.3 Å². The Bertz CT molecular complexity index is 332. The van der Waals surface area contributed by atoms with Crippen LogP contribution in [0.4, 0.5) is 0 Å². The minimum atomic E-state index is -0.492. The van der Waals surface area contributed by atoms with Crippen LogP contribution in [-0.2, 0) is 4.79 Å². The Morgan fingerprint density at radius 1 is 1.41 bits per heavy atom. The van der Waals surface area contributed by atoms with Gasteiger partial charge < -0.3 is 5.32 Å². The molecule has 3 heteroatoms. The van der Waals surface area contributed by atoms with Gasteiger partial charge in [0.1, 0.15) is 5.92 Å². The second kappa shape index (κ2) is 5.08. The van der Waals surface area contributed by atoms with Crippen LogP contribution in [0, 0.1) is 40.9 Å². The van der Waals surface area contributed by atoms with Crippen molar-refractivity contribution in [3.63, 3.8) is 0 Å². The molecule has 0 heterocycles. The van der Waals surface area contributed by atoms with Gasteiger partial charge in [0.25, 0.3) is 0 Å². The number of rotatable bonds is 4. The highest BCUT2D eigenvalue weighted by Crippen LogP contribution is 2.47. The van der Waals surface area contributed by atoms with Crippen LogP contribution in [0.1, 0.15) is 39.5 Å². The third-order valence-corrected chi connectivity index (χ3v) is 4.51. The fourth-order valence-electron chi connectivity index (χ4n) is 3.48. The van der Waals surface area contributed by atoms with Crippen LogP contribution in [0.25, 0.3) is 0 Å². The van der Waals surface area contributed by atoms with Gasteiger partial charge in [0.2, 0.25) is 5.91 Å². The Balaban J connectivity index is 1.79. The van der Waals surface area contributed by atoms with E-state index in [2.05, 4.69) is 11.4 Å². The summed E-state index contributed by atoms with van der Waals surface area (Å²) in [5.41, 5.74) is 0. The molecule has 2 aliphatic carbocycles. The molecule has 0 aromatic rings. The Morgan fingerprint density at radius 2 is 2.18 bits per heavy atom. The number of carbonyl (C=O) groups excluding carboxylic acids is 1.